The quantitative estimate of drug-likeness (QED) is 0.784. The lowest BCUT2D eigenvalue weighted by Crippen LogP contribution is -2.26. The third kappa shape index (κ3) is 2.80. The number of ether oxygens (including phenoxy) is 1. The van der Waals surface area contributed by atoms with Gasteiger partial charge in [-0.2, -0.15) is 4.52 Å². The molecule has 3 heterocycles. The normalized spacial score (nSPS) is 20.4. The first kappa shape index (κ1) is 15.8. The summed E-state index contributed by atoms with van der Waals surface area (Å²) in [4.78, 5) is 2.14. The van der Waals surface area contributed by atoms with Crippen molar-refractivity contribution in [1.82, 2.24) is 19.8 Å². The van der Waals surface area contributed by atoms with Gasteiger partial charge in [-0.15, -0.1) is 15.3 Å². The first-order valence-corrected chi connectivity index (χ1v) is 8.49. The van der Waals surface area contributed by atoms with Gasteiger partial charge < -0.3 is 14.7 Å². The molecule has 130 valence electrons. The van der Waals surface area contributed by atoms with Crippen LogP contribution in [0, 0.1) is 0 Å². The summed E-state index contributed by atoms with van der Waals surface area (Å²) in [5.74, 6) is 2.45. The van der Waals surface area contributed by atoms with Crippen LogP contribution in [0.1, 0.15) is 30.8 Å². The molecule has 0 saturated carbocycles. The highest BCUT2D eigenvalue weighted by Gasteiger charge is 2.33. The number of fused-ring (bicyclic) bond motifs is 1. The molecule has 0 aliphatic carbocycles. The van der Waals surface area contributed by atoms with E-state index >= 15 is 0 Å². The van der Waals surface area contributed by atoms with Crippen molar-refractivity contribution in [3.05, 3.63) is 47.8 Å². The van der Waals surface area contributed by atoms with Crippen molar-refractivity contribution in [2.24, 2.45) is 0 Å². The summed E-state index contributed by atoms with van der Waals surface area (Å²) in [5.41, 5.74) is 1.84. The monoisotopic (exact) mass is 339 g/mol. The molecule has 2 atom stereocenters. The SMILES string of the molecule is CCc1nnc2ccc(N3C[C@H](O)C[C@@H]3c3cccc(OC)c3)nn12. The molecule has 1 N–H and O–H groups in total. The van der Waals surface area contributed by atoms with E-state index in [4.69, 9.17) is 9.84 Å². The van der Waals surface area contributed by atoms with Crippen molar-refractivity contribution in [1.29, 1.82) is 0 Å². The Bertz CT molecular complexity index is 894. The fourth-order valence-corrected chi connectivity index (χ4v) is 3.43. The molecule has 25 heavy (non-hydrogen) atoms. The fraction of sp³-hybridized carbons (Fsp3) is 0.389. The second kappa shape index (κ2) is 6.33. The zero-order chi connectivity index (χ0) is 17.4. The first-order chi connectivity index (χ1) is 12.2. The predicted octanol–water partition coefficient (Wildman–Crippen LogP) is 2.01. The van der Waals surface area contributed by atoms with Gasteiger partial charge in [0, 0.05) is 13.0 Å². The highest BCUT2D eigenvalue weighted by Crippen LogP contribution is 2.36. The number of β-amino-alcohol motifs (C(OH)–C–C–N with tert-alkyl or cyclic N) is 1. The second-order valence-corrected chi connectivity index (χ2v) is 6.27. The summed E-state index contributed by atoms with van der Waals surface area (Å²) in [6.07, 6.45) is 1.04. The lowest BCUT2D eigenvalue weighted by Gasteiger charge is -2.26. The Morgan fingerprint density at radius 1 is 1.24 bits per heavy atom. The molecule has 0 unspecified atom stereocenters. The Morgan fingerprint density at radius 3 is 2.92 bits per heavy atom. The van der Waals surface area contributed by atoms with E-state index in [2.05, 4.69) is 21.2 Å². The topological polar surface area (TPSA) is 75.8 Å². The minimum atomic E-state index is -0.389. The van der Waals surface area contributed by atoms with Gasteiger partial charge in [0.25, 0.3) is 0 Å². The average Bonchev–Trinajstić information content (AvgIpc) is 3.24. The van der Waals surface area contributed by atoms with E-state index in [1.165, 1.54) is 0 Å². The van der Waals surface area contributed by atoms with Gasteiger partial charge in [-0.25, -0.2) is 0 Å². The predicted molar refractivity (Wildman–Crippen MR) is 93.9 cm³/mol. The highest BCUT2D eigenvalue weighted by molar-refractivity contribution is 5.49. The van der Waals surface area contributed by atoms with Crippen molar-refractivity contribution in [2.75, 3.05) is 18.6 Å². The minimum absolute atomic E-state index is 0.0524. The largest absolute Gasteiger partial charge is 0.497 e. The van der Waals surface area contributed by atoms with Crippen LogP contribution in [0.3, 0.4) is 0 Å². The van der Waals surface area contributed by atoms with Gasteiger partial charge >= 0.3 is 0 Å². The van der Waals surface area contributed by atoms with E-state index in [0.29, 0.717) is 13.0 Å². The number of aromatic nitrogens is 4. The van der Waals surface area contributed by atoms with Crippen molar-refractivity contribution < 1.29 is 9.84 Å². The van der Waals surface area contributed by atoms with Gasteiger partial charge in [-0.05, 0) is 36.2 Å². The van der Waals surface area contributed by atoms with Gasteiger partial charge in [-0.3, -0.25) is 0 Å². The number of benzene rings is 1. The minimum Gasteiger partial charge on any atom is -0.497 e. The summed E-state index contributed by atoms with van der Waals surface area (Å²) < 4.78 is 7.12. The molecule has 3 aromatic rings. The number of rotatable bonds is 4. The standard InChI is InChI=1S/C18H21N5O2/c1-3-16-19-20-17-7-8-18(21-23(16)17)22-11-13(24)10-15(22)12-5-4-6-14(9-12)25-2/h4-9,13,15,24H,3,10-11H2,1-2H3/t13-,15-/m1/s1. The van der Waals surface area contributed by atoms with Crippen LogP contribution in [-0.4, -0.2) is 44.7 Å². The van der Waals surface area contributed by atoms with Crippen molar-refractivity contribution in [3.63, 3.8) is 0 Å². The zero-order valence-corrected chi connectivity index (χ0v) is 14.3. The van der Waals surface area contributed by atoms with Crippen LogP contribution in [0.5, 0.6) is 5.75 Å². The molecule has 1 saturated heterocycles. The number of methoxy groups -OCH3 is 1. The van der Waals surface area contributed by atoms with Gasteiger partial charge in [0.15, 0.2) is 11.5 Å². The van der Waals surface area contributed by atoms with Crippen molar-refractivity contribution in [3.8, 4) is 5.75 Å². The lowest BCUT2D eigenvalue weighted by atomic mass is 10.0. The summed E-state index contributed by atoms with van der Waals surface area (Å²) in [7, 11) is 1.66. The van der Waals surface area contributed by atoms with Crippen LogP contribution in [-0.2, 0) is 6.42 Å². The van der Waals surface area contributed by atoms with Gasteiger partial charge in [0.1, 0.15) is 11.6 Å². The second-order valence-electron chi connectivity index (χ2n) is 6.27. The molecule has 1 aliphatic rings. The number of aliphatic hydroxyl groups excluding tert-OH is 1. The molecule has 0 bridgehead atoms. The number of nitrogens with zero attached hydrogens (tertiary/aromatic N) is 5. The van der Waals surface area contributed by atoms with E-state index in [1.807, 2.05) is 37.3 Å². The Labute approximate surface area is 145 Å². The van der Waals surface area contributed by atoms with E-state index in [9.17, 15) is 5.11 Å². The molecule has 0 spiro atoms. The number of hydrogen-bond acceptors (Lipinski definition) is 6. The van der Waals surface area contributed by atoms with E-state index in [0.717, 1.165) is 35.0 Å². The average molecular weight is 339 g/mol. The Hall–Kier alpha value is -2.67. The molecule has 7 heteroatoms. The fourth-order valence-electron chi connectivity index (χ4n) is 3.43. The molecule has 1 aromatic carbocycles. The van der Waals surface area contributed by atoms with Gasteiger partial charge in [0.05, 0.1) is 19.3 Å². The van der Waals surface area contributed by atoms with Gasteiger partial charge in [-0.1, -0.05) is 19.1 Å². The third-order valence-corrected chi connectivity index (χ3v) is 4.68. The molecule has 1 aliphatic heterocycles. The number of aryl methyl sites for hydroxylation is 1. The third-order valence-electron chi connectivity index (χ3n) is 4.68. The number of hydrogen-bond donors (Lipinski definition) is 1. The zero-order valence-electron chi connectivity index (χ0n) is 14.3. The maximum atomic E-state index is 10.3. The Balaban J connectivity index is 1.74. The maximum absolute atomic E-state index is 10.3. The molecule has 1 fully saturated rings. The summed E-state index contributed by atoms with van der Waals surface area (Å²) >= 11 is 0. The first-order valence-electron chi connectivity index (χ1n) is 8.49. The molecular formula is C18H21N5O2. The smallest absolute Gasteiger partial charge is 0.178 e. The molecule has 0 amide bonds. The maximum Gasteiger partial charge on any atom is 0.178 e. The number of anilines is 1. The molecule has 2 aromatic heterocycles. The van der Waals surface area contributed by atoms with Crippen molar-refractivity contribution >= 4 is 11.5 Å². The highest BCUT2D eigenvalue weighted by atomic mass is 16.5. The van der Waals surface area contributed by atoms with Crippen LogP contribution < -0.4 is 9.64 Å². The van der Waals surface area contributed by atoms with Crippen LogP contribution in [0.4, 0.5) is 5.82 Å². The molecule has 7 nitrogen and oxygen atoms in total. The summed E-state index contributed by atoms with van der Waals surface area (Å²) in [6, 6.07) is 11.9. The van der Waals surface area contributed by atoms with E-state index < -0.39 is 0 Å². The summed E-state index contributed by atoms with van der Waals surface area (Å²) in [5, 5.41) is 23.3. The number of aliphatic hydroxyl groups is 1. The Morgan fingerprint density at radius 2 is 2.12 bits per heavy atom. The van der Waals surface area contributed by atoms with E-state index in [-0.39, 0.29) is 12.1 Å². The Kier molecular flexibility index (Phi) is 4.01. The molecule has 0 radical (unpaired) electrons. The molecular weight excluding hydrogens is 318 g/mol. The lowest BCUT2D eigenvalue weighted by molar-refractivity contribution is 0.194. The molecule has 4 rings (SSSR count). The van der Waals surface area contributed by atoms with E-state index in [1.54, 1.807) is 11.6 Å². The van der Waals surface area contributed by atoms with Crippen LogP contribution in [0.2, 0.25) is 0 Å². The van der Waals surface area contributed by atoms with Crippen LogP contribution >= 0.6 is 0 Å². The van der Waals surface area contributed by atoms with Crippen molar-refractivity contribution in [2.45, 2.75) is 31.9 Å². The van der Waals surface area contributed by atoms with Crippen LogP contribution in [0.15, 0.2) is 36.4 Å². The summed E-state index contributed by atoms with van der Waals surface area (Å²) in [6.45, 7) is 2.58. The van der Waals surface area contributed by atoms with Gasteiger partial charge in [0.2, 0.25) is 0 Å². The van der Waals surface area contributed by atoms with Crippen LogP contribution in [0.25, 0.3) is 5.65 Å².